The van der Waals surface area contributed by atoms with E-state index in [0.717, 1.165) is 11.0 Å². The third kappa shape index (κ3) is 2.71. The van der Waals surface area contributed by atoms with Gasteiger partial charge in [-0.05, 0) is 30.3 Å². The molecule has 0 aliphatic rings. The van der Waals surface area contributed by atoms with Gasteiger partial charge in [-0.3, -0.25) is 0 Å². The summed E-state index contributed by atoms with van der Waals surface area (Å²) in [6.07, 6.45) is 1.78. The van der Waals surface area contributed by atoms with Crippen molar-refractivity contribution in [3.05, 3.63) is 36.5 Å². The number of nitrogens with one attached hydrogen (secondary N) is 3. The number of nitrogens with two attached hydrogens (primary N) is 1. The average molecular weight is 318 g/mol. The number of benzene rings is 1. The van der Waals surface area contributed by atoms with Crippen molar-refractivity contribution in [1.82, 2.24) is 15.0 Å². The number of primary sulfonamides is 1. The van der Waals surface area contributed by atoms with Gasteiger partial charge in [-0.1, -0.05) is 0 Å². The summed E-state index contributed by atoms with van der Waals surface area (Å²) in [5.74, 6) is 1.07. The lowest BCUT2D eigenvalue weighted by Gasteiger charge is -2.08. The van der Waals surface area contributed by atoms with Gasteiger partial charge in [-0.15, -0.1) is 0 Å². The first-order chi connectivity index (χ1) is 10.5. The van der Waals surface area contributed by atoms with Crippen LogP contribution in [0.5, 0.6) is 0 Å². The van der Waals surface area contributed by atoms with Crippen LogP contribution in [0.1, 0.15) is 0 Å². The molecule has 0 aliphatic carbocycles. The van der Waals surface area contributed by atoms with Gasteiger partial charge in [0.25, 0.3) is 0 Å². The molecule has 2 heterocycles. The Morgan fingerprint density at radius 1 is 1.14 bits per heavy atom. The van der Waals surface area contributed by atoms with Crippen molar-refractivity contribution in [3.63, 3.8) is 0 Å². The van der Waals surface area contributed by atoms with E-state index in [1.54, 1.807) is 25.4 Å². The molecule has 114 valence electrons. The molecule has 3 rings (SSSR count). The van der Waals surface area contributed by atoms with Crippen molar-refractivity contribution in [2.75, 3.05) is 17.7 Å². The zero-order chi connectivity index (χ0) is 15.7. The molecule has 0 atom stereocenters. The Kier molecular flexibility index (Phi) is 3.43. The number of anilines is 3. The summed E-state index contributed by atoms with van der Waals surface area (Å²) < 4.78 is 22.4. The van der Waals surface area contributed by atoms with Crippen LogP contribution in [0.15, 0.2) is 41.4 Å². The standard InChI is InChI=1S/C13H14N6O2S/c1-15-12-11-10(6-7-16-11)18-13(19-12)17-8-2-4-9(5-3-8)22(14,20)21/h2-7,16H,1H3,(H2,14,20,21)(H2,15,17,18,19). The maximum Gasteiger partial charge on any atom is 0.238 e. The number of hydrogen-bond acceptors (Lipinski definition) is 6. The van der Waals surface area contributed by atoms with Crippen LogP contribution < -0.4 is 15.8 Å². The fourth-order valence-corrected chi connectivity index (χ4v) is 2.55. The SMILES string of the molecule is CNc1nc(Nc2ccc(S(N)(=O)=O)cc2)nc2cc[nH]c12. The smallest absolute Gasteiger partial charge is 0.238 e. The van der Waals surface area contributed by atoms with Crippen LogP contribution in [0, 0.1) is 0 Å². The first-order valence-electron chi connectivity index (χ1n) is 6.40. The molecule has 8 nitrogen and oxygen atoms in total. The van der Waals surface area contributed by atoms with Crippen LogP contribution in [0.25, 0.3) is 11.0 Å². The summed E-state index contributed by atoms with van der Waals surface area (Å²) in [7, 11) is -1.93. The highest BCUT2D eigenvalue weighted by Gasteiger charge is 2.09. The number of hydrogen-bond donors (Lipinski definition) is 4. The molecule has 0 amide bonds. The molecule has 9 heteroatoms. The largest absolute Gasteiger partial charge is 0.371 e. The zero-order valence-electron chi connectivity index (χ0n) is 11.7. The second-order valence-electron chi connectivity index (χ2n) is 4.58. The van der Waals surface area contributed by atoms with Crippen LogP contribution in [-0.4, -0.2) is 30.4 Å². The van der Waals surface area contributed by atoms with Gasteiger partial charge in [-0.2, -0.15) is 4.98 Å². The van der Waals surface area contributed by atoms with Gasteiger partial charge >= 0.3 is 0 Å². The number of fused-ring (bicyclic) bond motifs is 1. The lowest BCUT2D eigenvalue weighted by Crippen LogP contribution is -2.11. The van der Waals surface area contributed by atoms with Gasteiger partial charge in [0.1, 0.15) is 5.52 Å². The molecule has 0 saturated carbocycles. The molecular formula is C13H14N6O2S. The molecule has 3 aromatic rings. The summed E-state index contributed by atoms with van der Waals surface area (Å²) in [6, 6.07) is 7.89. The van der Waals surface area contributed by atoms with Crippen molar-refractivity contribution in [1.29, 1.82) is 0 Å². The number of aromatic nitrogens is 3. The molecule has 0 aliphatic heterocycles. The van der Waals surface area contributed by atoms with Gasteiger partial charge in [0.05, 0.1) is 10.4 Å². The summed E-state index contributed by atoms with van der Waals surface area (Å²) >= 11 is 0. The van der Waals surface area contributed by atoms with Crippen molar-refractivity contribution in [3.8, 4) is 0 Å². The second-order valence-corrected chi connectivity index (χ2v) is 6.14. The Balaban J connectivity index is 1.92. The van der Waals surface area contributed by atoms with Crippen LogP contribution in [-0.2, 0) is 10.0 Å². The van der Waals surface area contributed by atoms with Crippen molar-refractivity contribution in [2.45, 2.75) is 4.90 Å². The van der Waals surface area contributed by atoms with Gasteiger partial charge in [-0.25, -0.2) is 18.5 Å². The number of H-pyrrole nitrogens is 1. The first-order valence-corrected chi connectivity index (χ1v) is 7.95. The zero-order valence-corrected chi connectivity index (χ0v) is 12.5. The van der Waals surface area contributed by atoms with E-state index in [2.05, 4.69) is 25.6 Å². The Labute approximate surface area is 126 Å². The van der Waals surface area contributed by atoms with Gasteiger partial charge < -0.3 is 15.6 Å². The highest BCUT2D eigenvalue weighted by Crippen LogP contribution is 2.22. The Morgan fingerprint density at radius 3 is 2.50 bits per heavy atom. The van der Waals surface area contributed by atoms with Crippen LogP contribution >= 0.6 is 0 Å². The molecule has 1 aromatic carbocycles. The molecule has 2 aromatic heterocycles. The van der Waals surface area contributed by atoms with E-state index in [1.165, 1.54) is 12.1 Å². The van der Waals surface area contributed by atoms with E-state index in [9.17, 15) is 8.42 Å². The quantitative estimate of drug-likeness (QED) is 0.576. The molecule has 5 N–H and O–H groups in total. The minimum atomic E-state index is -3.70. The fourth-order valence-electron chi connectivity index (χ4n) is 2.04. The average Bonchev–Trinajstić information content (AvgIpc) is 2.94. The highest BCUT2D eigenvalue weighted by molar-refractivity contribution is 7.89. The number of sulfonamides is 1. The molecule has 22 heavy (non-hydrogen) atoms. The summed E-state index contributed by atoms with van der Waals surface area (Å²) in [4.78, 5) is 11.8. The predicted octanol–water partition coefficient (Wildman–Crippen LogP) is 1.39. The van der Waals surface area contributed by atoms with Gasteiger partial charge in [0.2, 0.25) is 16.0 Å². The molecule has 0 fully saturated rings. The lowest BCUT2D eigenvalue weighted by molar-refractivity contribution is 0.598. The molecule has 0 bridgehead atoms. The monoisotopic (exact) mass is 318 g/mol. The lowest BCUT2D eigenvalue weighted by atomic mass is 10.3. The van der Waals surface area contributed by atoms with Crippen LogP contribution in [0.3, 0.4) is 0 Å². The van der Waals surface area contributed by atoms with Crippen LogP contribution in [0.4, 0.5) is 17.5 Å². The number of nitrogens with zero attached hydrogens (tertiary/aromatic N) is 2. The summed E-state index contributed by atoms with van der Waals surface area (Å²) in [6.45, 7) is 0. The normalized spacial score (nSPS) is 11.5. The third-order valence-electron chi connectivity index (χ3n) is 3.08. The van der Waals surface area contributed by atoms with E-state index < -0.39 is 10.0 Å². The second kappa shape index (κ2) is 5.28. The molecule has 0 spiro atoms. The summed E-state index contributed by atoms with van der Waals surface area (Å²) in [5, 5.41) is 11.1. The minimum Gasteiger partial charge on any atom is -0.371 e. The number of rotatable bonds is 4. The topological polar surface area (TPSA) is 126 Å². The Bertz CT molecular complexity index is 917. The molecule has 0 saturated heterocycles. The van der Waals surface area contributed by atoms with E-state index in [1.807, 2.05) is 6.07 Å². The van der Waals surface area contributed by atoms with Crippen LogP contribution in [0.2, 0.25) is 0 Å². The highest BCUT2D eigenvalue weighted by atomic mass is 32.2. The van der Waals surface area contributed by atoms with E-state index in [4.69, 9.17) is 5.14 Å². The molecular weight excluding hydrogens is 304 g/mol. The Morgan fingerprint density at radius 2 is 1.86 bits per heavy atom. The van der Waals surface area contributed by atoms with Crippen molar-refractivity contribution >= 4 is 38.5 Å². The van der Waals surface area contributed by atoms with E-state index in [-0.39, 0.29) is 4.90 Å². The number of aromatic amines is 1. The van der Waals surface area contributed by atoms with Gasteiger partial charge in [0.15, 0.2) is 5.82 Å². The van der Waals surface area contributed by atoms with E-state index in [0.29, 0.717) is 17.5 Å². The third-order valence-corrected chi connectivity index (χ3v) is 4.01. The molecule has 0 radical (unpaired) electrons. The Hall–Kier alpha value is -2.65. The van der Waals surface area contributed by atoms with Crippen molar-refractivity contribution < 1.29 is 8.42 Å². The van der Waals surface area contributed by atoms with E-state index >= 15 is 0 Å². The maximum absolute atomic E-state index is 11.2. The first kappa shape index (κ1) is 14.3. The van der Waals surface area contributed by atoms with Crippen molar-refractivity contribution in [2.24, 2.45) is 5.14 Å². The van der Waals surface area contributed by atoms with Gasteiger partial charge in [0, 0.05) is 18.9 Å². The predicted molar refractivity (Wildman–Crippen MR) is 84.5 cm³/mol. The molecule has 0 unspecified atom stereocenters. The maximum atomic E-state index is 11.2. The minimum absolute atomic E-state index is 0.0518. The fraction of sp³-hybridized carbons (Fsp3) is 0.0769. The summed E-state index contributed by atoms with van der Waals surface area (Å²) in [5.41, 5.74) is 2.24.